The Kier molecular flexibility index (Phi) is 6.00. The molecule has 8 heteroatoms. The molecule has 2 aliphatic rings. The molecule has 1 aliphatic carbocycles. The van der Waals surface area contributed by atoms with Gasteiger partial charge in [0.05, 0.1) is 0 Å². The van der Waals surface area contributed by atoms with Crippen molar-refractivity contribution in [2.75, 3.05) is 48.8 Å². The zero-order chi connectivity index (χ0) is 22.8. The fraction of sp³-hybridized carbons (Fsp3) is 0.400. The molecule has 2 aromatic heterocycles. The summed E-state index contributed by atoms with van der Waals surface area (Å²) in [5.41, 5.74) is 3.54. The molecule has 2 fully saturated rings. The summed E-state index contributed by atoms with van der Waals surface area (Å²) < 4.78 is 1.79. The SMILES string of the molecule is Cc1cnc(Nc2ccc(N3CCN(C)CC3)cc2)nc1Nc1cccn(CC2CC2)c1=O. The number of aryl methyl sites for hydroxylation is 1. The summed E-state index contributed by atoms with van der Waals surface area (Å²) in [6.45, 7) is 6.97. The molecule has 5 rings (SSSR count). The normalized spacial score (nSPS) is 16.6. The van der Waals surface area contributed by atoms with Crippen molar-refractivity contribution in [2.45, 2.75) is 26.3 Å². The molecule has 0 amide bonds. The maximum absolute atomic E-state index is 12.8. The highest BCUT2D eigenvalue weighted by Gasteiger charge is 2.22. The van der Waals surface area contributed by atoms with Crippen molar-refractivity contribution < 1.29 is 0 Å². The predicted octanol–water partition coefficient (Wildman–Crippen LogP) is 3.60. The van der Waals surface area contributed by atoms with Crippen LogP contribution in [0.5, 0.6) is 0 Å². The lowest BCUT2D eigenvalue weighted by molar-refractivity contribution is 0.313. The largest absolute Gasteiger partial charge is 0.369 e. The summed E-state index contributed by atoms with van der Waals surface area (Å²) in [6.07, 6.45) is 6.04. The number of rotatable bonds is 7. The van der Waals surface area contributed by atoms with Crippen LogP contribution in [0.3, 0.4) is 0 Å². The lowest BCUT2D eigenvalue weighted by Gasteiger charge is -2.34. The average molecular weight is 446 g/mol. The van der Waals surface area contributed by atoms with E-state index in [2.05, 4.69) is 61.7 Å². The zero-order valence-electron chi connectivity index (χ0n) is 19.3. The Balaban J connectivity index is 1.28. The van der Waals surface area contributed by atoms with Crippen LogP contribution in [0.4, 0.5) is 28.8 Å². The van der Waals surface area contributed by atoms with Crippen LogP contribution in [0.25, 0.3) is 0 Å². The van der Waals surface area contributed by atoms with Crippen molar-refractivity contribution in [3.63, 3.8) is 0 Å². The lowest BCUT2D eigenvalue weighted by atomic mass is 10.2. The summed E-state index contributed by atoms with van der Waals surface area (Å²) in [5.74, 6) is 1.75. The van der Waals surface area contributed by atoms with Gasteiger partial charge in [-0.1, -0.05) is 0 Å². The van der Waals surface area contributed by atoms with Crippen LogP contribution in [0, 0.1) is 12.8 Å². The summed E-state index contributed by atoms with van der Waals surface area (Å²) >= 11 is 0. The molecule has 3 heterocycles. The van der Waals surface area contributed by atoms with E-state index in [4.69, 9.17) is 0 Å². The van der Waals surface area contributed by atoms with Gasteiger partial charge < -0.3 is 25.0 Å². The maximum Gasteiger partial charge on any atom is 0.274 e. The second-order valence-corrected chi connectivity index (χ2v) is 9.14. The molecular weight excluding hydrogens is 414 g/mol. The first-order valence-electron chi connectivity index (χ1n) is 11.7. The maximum atomic E-state index is 12.8. The van der Waals surface area contributed by atoms with E-state index < -0.39 is 0 Å². The number of benzene rings is 1. The molecule has 1 aromatic carbocycles. The molecule has 33 heavy (non-hydrogen) atoms. The predicted molar refractivity (Wildman–Crippen MR) is 133 cm³/mol. The van der Waals surface area contributed by atoms with Gasteiger partial charge in [-0.15, -0.1) is 0 Å². The molecule has 1 saturated carbocycles. The van der Waals surface area contributed by atoms with Crippen molar-refractivity contribution in [3.8, 4) is 0 Å². The third-order valence-corrected chi connectivity index (χ3v) is 6.39. The third kappa shape index (κ3) is 5.17. The van der Waals surface area contributed by atoms with Crippen LogP contribution in [0.1, 0.15) is 18.4 Å². The molecular formula is C25H31N7O. The molecule has 0 atom stereocenters. The Morgan fingerprint density at radius 1 is 1.03 bits per heavy atom. The van der Waals surface area contributed by atoms with Crippen molar-refractivity contribution in [2.24, 2.45) is 5.92 Å². The van der Waals surface area contributed by atoms with Gasteiger partial charge in [0.1, 0.15) is 11.5 Å². The van der Waals surface area contributed by atoms with Crippen LogP contribution >= 0.6 is 0 Å². The van der Waals surface area contributed by atoms with E-state index in [9.17, 15) is 4.79 Å². The number of nitrogens with zero attached hydrogens (tertiary/aromatic N) is 5. The Morgan fingerprint density at radius 3 is 2.52 bits per heavy atom. The Labute approximate surface area is 194 Å². The first kappa shape index (κ1) is 21.5. The van der Waals surface area contributed by atoms with Gasteiger partial charge in [0.15, 0.2) is 0 Å². The first-order valence-corrected chi connectivity index (χ1v) is 11.7. The van der Waals surface area contributed by atoms with E-state index in [1.807, 2.05) is 19.2 Å². The van der Waals surface area contributed by atoms with E-state index in [1.54, 1.807) is 16.8 Å². The fourth-order valence-electron chi connectivity index (χ4n) is 4.06. The number of pyridine rings is 1. The van der Waals surface area contributed by atoms with Crippen LogP contribution in [0.15, 0.2) is 53.6 Å². The van der Waals surface area contributed by atoms with Gasteiger partial charge in [-0.3, -0.25) is 4.79 Å². The highest BCUT2D eigenvalue weighted by Crippen LogP contribution is 2.30. The standard InChI is InChI=1S/C25H31N7O/c1-18-16-26-25(27-20-7-9-21(10-8-20)31-14-12-30(2)13-15-31)29-23(18)28-22-4-3-11-32(24(22)33)17-19-5-6-19/h3-4,7-11,16,19H,5-6,12-15,17H2,1-2H3,(H2,26,27,28,29). The molecule has 0 bridgehead atoms. The minimum absolute atomic E-state index is 0.0172. The number of aromatic nitrogens is 3. The van der Waals surface area contributed by atoms with Crippen LogP contribution in [-0.2, 0) is 6.54 Å². The quantitative estimate of drug-likeness (QED) is 0.575. The Bertz CT molecular complexity index is 1160. The molecule has 172 valence electrons. The summed E-state index contributed by atoms with van der Waals surface area (Å²) in [7, 11) is 2.16. The van der Waals surface area contributed by atoms with Crippen molar-refractivity contribution in [1.82, 2.24) is 19.4 Å². The zero-order valence-corrected chi connectivity index (χ0v) is 19.3. The van der Waals surface area contributed by atoms with Gasteiger partial charge in [0.25, 0.3) is 5.56 Å². The number of hydrogen-bond donors (Lipinski definition) is 2. The van der Waals surface area contributed by atoms with Crippen molar-refractivity contribution in [3.05, 3.63) is 64.7 Å². The van der Waals surface area contributed by atoms with Gasteiger partial charge in [0, 0.05) is 62.1 Å². The fourth-order valence-corrected chi connectivity index (χ4v) is 4.06. The van der Waals surface area contributed by atoms with Crippen LogP contribution < -0.4 is 21.1 Å². The highest BCUT2D eigenvalue weighted by molar-refractivity contribution is 5.63. The van der Waals surface area contributed by atoms with Crippen LogP contribution in [-0.4, -0.2) is 52.7 Å². The van der Waals surface area contributed by atoms with Gasteiger partial charge in [-0.05, 0) is 69.1 Å². The molecule has 2 N–H and O–H groups in total. The van der Waals surface area contributed by atoms with Gasteiger partial charge in [-0.25, -0.2) is 4.98 Å². The van der Waals surface area contributed by atoms with E-state index in [0.29, 0.717) is 23.4 Å². The summed E-state index contributed by atoms with van der Waals surface area (Å²) in [6, 6.07) is 12.1. The highest BCUT2D eigenvalue weighted by atomic mass is 16.1. The Morgan fingerprint density at radius 2 is 1.79 bits per heavy atom. The van der Waals surface area contributed by atoms with Crippen LogP contribution in [0.2, 0.25) is 0 Å². The van der Waals surface area contributed by atoms with E-state index in [1.165, 1.54) is 18.5 Å². The monoisotopic (exact) mass is 445 g/mol. The first-order chi connectivity index (χ1) is 16.0. The Hall–Kier alpha value is -3.39. The number of nitrogens with one attached hydrogen (secondary N) is 2. The molecule has 3 aromatic rings. The minimum atomic E-state index is -0.0172. The van der Waals surface area contributed by atoms with Crippen molar-refractivity contribution in [1.29, 1.82) is 0 Å². The van der Waals surface area contributed by atoms with Gasteiger partial charge >= 0.3 is 0 Å². The molecule has 1 saturated heterocycles. The van der Waals surface area contributed by atoms with E-state index in [0.717, 1.165) is 44.0 Å². The molecule has 8 nitrogen and oxygen atoms in total. The van der Waals surface area contributed by atoms with Crippen molar-refractivity contribution >= 4 is 28.8 Å². The number of likely N-dealkylation sites (N-methyl/N-ethyl adjacent to an activating group) is 1. The van der Waals surface area contributed by atoms with E-state index >= 15 is 0 Å². The second-order valence-electron chi connectivity index (χ2n) is 9.14. The molecule has 1 aliphatic heterocycles. The third-order valence-electron chi connectivity index (χ3n) is 6.39. The number of anilines is 5. The van der Waals surface area contributed by atoms with E-state index in [-0.39, 0.29) is 5.56 Å². The number of hydrogen-bond acceptors (Lipinski definition) is 7. The molecule has 0 spiro atoms. The number of piperazine rings is 1. The topological polar surface area (TPSA) is 78.3 Å². The second kappa shape index (κ2) is 9.23. The molecule has 0 radical (unpaired) electrons. The lowest BCUT2D eigenvalue weighted by Crippen LogP contribution is -2.44. The summed E-state index contributed by atoms with van der Waals surface area (Å²) in [4.78, 5) is 26.7. The average Bonchev–Trinajstić information content (AvgIpc) is 3.64. The summed E-state index contributed by atoms with van der Waals surface area (Å²) in [5, 5.41) is 6.50. The van der Waals surface area contributed by atoms with Gasteiger partial charge in [-0.2, -0.15) is 4.98 Å². The smallest absolute Gasteiger partial charge is 0.274 e. The van der Waals surface area contributed by atoms with Gasteiger partial charge in [0.2, 0.25) is 5.95 Å². The molecule has 0 unspecified atom stereocenters. The minimum Gasteiger partial charge on any atom is -0.369 e.